The summed E-state index contributed by atoms with van der Waals surface area (Å²) in [5.41, 5.74) is 0. The van der Waals surface area contributed by atoms with Crippen LogP contribution in [0.2, 0.25) is 5.28 Å². The topological polar surface area (TPSA) is 20.2 Å². The number of hydrogen-bond donors (Lipinski definition) is 1. The number of hydrogen-bond acceptors (Lipinski definition) is 1. The monoisotopic (exact) mass is 86.0 g/mol. The third kappa shape index (κ3) is 4.49. The average Bonchev–Trinajstić information content (AvgIpc) is 1.38. The van der Waals surface area contributed by atoms with Crippen molar-refractivity contribution in [3.63, 3.8) is 0 Å². The Bertz CT molecular complexity index is 20.9. The van der Waals surface area contributed by atoms with Gasteiger partial charge in [0, 0.05) is 0 Å². The van der Waals surface area contributed by atoms with Crippen LogP contribution in [-0.2, 0) is 0 Å². The molecule has 0 fully saturated rings. The molecule has 0 aliphatic rings. The van der Waals surface area contributed by atoms with Crippen LogP contribution in [-0.4, -0.2) is 27.5 Å². The van der Waals surface area contributed by atoms with Crippen LogP contribution in [0.5, 0.6) is 0 Å². The van der Waals surface area contributed by atoms with Crippen LogP contribution in [0.3, 0.4) is 0 Å². The Morgan fingerprint density at radius 3 is 2.20 bits per heavy atom. The van der Waals surface area contributed by atoms with E-state index < -0.39 is 0 Å². The van der Waals surface area contributed by atoms with Gasteiger partial charge in [-0.2, -0.15) is 0 Å². The fourth-order valence-corrected chi connectivity index (χ4v) is 0. The van der Waals surface area contributed by atoms with E-state index in [9.17, 15) is 0 Å². The molecule has 2 heteroatoms. The minimum atomic E-state index is -0.153. The van der Waals surface area contributed by atoms with Crippen LogP contribution in [0.4, 0.5) is 0 Å². The fraction of sp³-hybridized carbons (Fsp3) is 1.00. The molecule has 5 heavy (non-hydrogen) atoms. The van der Waals surface area contributed by atoms with E-state index >= 15 is 0 Å². The van der Waals surface area contributed by atoms with Crippen molar-refractivity contribution in [1.29, 1.82) is 0 Å². The van der Waals surface area contributed by atoms with Crippen LogP contribution in [0.15, 0.2) is 0 Å². The molecule has 0 rings (SSSR count). The van der Waals surface area contributed by atoms with E-state index in [1.165, 1.54) is 0 Å². The van der Waals surface area contributed by atoms with Crippen molar-refractivity contribution in [1.82, 2.24) is 0 Å². The number of aliphatic hydroxyl groups is 1. The Morgan fingerprint density at radius 2 is 2.20 bits per heavy atom. The molecule has 1 unspecified atom stereocenters. The predicted octanol–water partition coefficient (Wildman–Crippen LogP) is -0.0460. The van der Waals surface area contributed by atoms with Gasteiger partial charge in [0.2, 0.25) is 0 Å². The molecule has 0 saturated carbocycles. The standard InChI is InChI=1S/C3H7O.Al/c1-3(2)4;/h3-4H,1H2,2H3;/q;+2. The van der Waals surface area contributed by atoms with E-state index in [0.29, 0.717) is 0 Å². The van der Waals surface area contributed by atoms with Gasteiger partial charge in [-0.25, -0.2) is 0 Å². The quantitative estimate of drug-likeness (QED) is 0.444. The van der Waals surface area contributed by atoms with Crippen LogP contribution in [0.25, 0.3) is 0 Å². The van der Waals surface area contributed by atoms with Gasteiger partial charge in [0.25, 0.3) is 0 Å². The van der Waals surface area contributed by atoms with Gasteiger partial charge in [-0.05, 0) is 0 Å². The fourth-order valence-electron chi connectivity index (χ4n) is 0. The second-order valence-electron chi connectivity index (χ2n) is 1.08. The summed E-state index contributed by atoms with van der Waals surface area (Å²) in [5.74, 6) is 0. The molecule has 1 atom stereocenters. The second kappa shape index (κ2) is 2.72. The van der Waals surface area contributed by atoms with E-state index in [1.807, 2.05) is 0 Å². The minimum absolute atomic E-state index is 0.153. The first-order valence-electron chi connectivity index (χ1n) is 1.65. The summed E-state index contributed by atoms with van der Waals surface area (Å²) in [7, 11) is 0. The first-order chi connectivity index (χ1) is 2.27. The average molecular weight is 86.1 g/mol. The maximum atomic E-state index is 8.34. The molecule has 26 valence electrons. The Morgan fingerprint density at radius 1 is 2.00 bits per heavy atom. The summed E-state index contributed by atoms with van der Waals surface area (Å²) in [6.45, 7) is 1.76. The van der Waals surface area contributed by atoms with Gasteiger partial charge in [-0.3, -0.25) is 0 Å². The zero-order valence-electron chi connectivity index (χ0n) is 3.31. The molecular formula is C3H7AlO+2. The summed E-state index contributed by atoms with van der Waals surface area (Å²) in [4.78, 5) is 0. The second-order valence-corrected chi connectivity index (χ2v) is 1.56. The molecule has 1 nitrogen and oxygen atoms in total. The Kier molecular flexibility index (Phi) is 2.98. The van der Waals surface area contributed by atoms with Gasteiger partial charge in [-0.1, -0.05) is 0 Å². The first kappa shape index (κ1) is 5.49. The third-order valence-electron chi connectivity index (χ3n) is 0.341. The summed E-state index contributed by atoms with van der Waals surface area (Å²) in [6.07, 6.45) is -0.153. The van der Waals surface area contributed by atoms with Crippen molar-refractivity contribution in [2.45, 2.75) is 18.3 Å². The van der Waals surface area contributed by atoms with Gasteiger partial charge in [0.1, 0.15) is 0 Å². The van der Waals surface area contributed by atoms with E-state index in [0.717, 1.165) is 5.28 Å². The van der Waals surface area contributed by atoms with Crippen molar-refractivity contribution in [2.75, 3.05) is 0 Å². The van der Waals surface area contributed by atoms with Crippen molar-refractivity contribution in [3.8, 4) is 0 Å². The molecule has 0 heterocycles. The van der Waals surface area contributed by atoms with Gasteiger partial charge in [0.15, 0.2) is 0 Å². The Labute approximate surface area is 40.4 Å². The Hall–Kier alpha value is 0.492. The van der Waals surface area contributed by atoms with E-state index in [2.05, 4.69) is 16.3 Å². The van der Waals surface area contributed by atoms with E-state index in [-0.39, 0.29) is 6.10 Å². The van der Waals surface area contributed by atoms with Crippen molar-refractivity contribution in [3.05, 3.63) is 0 Å². The van der Waals surface area contributed by atoms with E-state index in [4.69, 9.17) is 5.11 Å². The van der Waals surface area contributed by atoms with Crippen LogP contribution in [0, 0.1) is 0 Å². The molecule has 0 aliphatic carbocycles. The Balaban J connectivity index is 2.54. The molecule has 0 bridgehead atoms. The van der Waals surface area contributed by atoms with Gasteiger partial charge in [0.05, 0.1) is 0 Å². The van der Waals surface area contributed by atoms with Crippen LogP contribution in [0.1, 0.15) is 6.92 Å². The summed E-state index contributed by atoms with van der Waals surface area (Å²) >= 11 is 2.44. The van der Waals surface area contributed by atoms with Crippen LogP contribution >= 0.6 is 0 Å². The molecular weight excluding hydrogens is 79.0 g/mol. The summed E-state index contributed by atoms with van der Waals surface area (Å²) in [6, 6.07) is 0. The van der Waals surface area contributed by atoms with Gasteiger partial charge < -0.3 is 0 Å². The number of rotatable bonds is 1. The first-order valence-corrected chi connectivity index (χ1v) is 2.47. The molecule has 0 spiro atoms. The summed E-state index contributed by atoms with van der Waals surface area (Å²) in [5, 5.41) is 9.12. The number of aliphatic hydroxyl groups excluding tert-OH is 1. The normalized spacial score (nSPS) is 15.2. The molecule has 1 N–H and O–H groups in total. The molecule has 0 aromatic heterocycles. The molecule has 0 aromatic carbocycles. The summed E-state index contributed by atoms with van der Waals surface area (Å²) < 4.78 is 0. The zero-order chi connectivity index (χ0) is 4.28. The van der Waals surface area contributed by atoms with Crippen molar-refractivity contribution < 1.29 is 5.11 Å². The predicted molar refractivity (Wildman–Crippen MR) is 22.2 cm³/mol. The molecule has 0 amide bonds. The van der Waals surface area contributed by atoms with Crippen LogP contribution < -0.4 is 0 Å². The van der Waals surface area contributed by atoms with E-state index in [1.54, 1.807) is 6.92 Å². The van der Waals surface area contributed by atoms with Gasteiger partial charge >= 0.3 is 39.7 Å². The zero-order valence-corrected chi connectivity index (χ0v) is 4.46. The third-order valence-corrected chi connectivity index (χ3v) is 1.02. The SMILES string of the molecule is CC(O)[CH2][Al+2]. The molecule has 0 aromatic rings. The molecule has 0 saturated heterocycles. The van der Waals surface area contributed by atoms with Gasteiger partial charge in [-0.15, -0.1) is 0 Å². The molecule has 0 aliphatic heterocycles. The van der Waals surface area contributed by atoms with Crippen molar-refractivity contribution in [2.24, 2.45) is 0 Å². The van der Waals surface area contributed by atoms with Crippen molar-refractivity contribution >= 4 is 16.3 Å². The maximum absolute atomic E-state index is 8.34. The molecule has 0 radical (unpaired) electrons.